The van der Waals surface area contributed by atoms with Gasteiger partial charge in [-0.1, -0.05) is 129 Å². The van der Waals surface area contributed by atoms with Gasteiger partial charge in [0, 0.05) is 34.5 Å². The van der Waals surface area contributed by atoms with E-state index in [0.717, 1.165) is 84.0 Å². The number of nitrogens with zero attached hydrogens (tertiary/aromatic N) is 7. The monoisotopic (exact) mass is 833 g/mol. The van der Waals surface area contributed by atoms with Gasteiger partial charge in [-0.05, 0) is 128 Å². The number of hydrogen-bond donors (Lipinski definition) is 0. The van der Waals surface area contributed by atoms with Crippen LogP contribution in [-0.4, -0.2) is 29.9 Å². The average Bonchev–Trinajstić information content (AvgIpc) is 3.61. The van der Waals surface area contributed by atoms with Crippen molar-refractivity contribution in [2.24, 2.45) is 0 Å². The predicted octanol–water partition coefficient (Wildman–Crippen LogP) is 13.6. The van der Waals surface area contributed by atoms with E-state index in [1.807, 2.05) is 84.9 Å². The van der Waals surface area contributed by atoms with Crippen molar-refractivity contribution < 1.29 is 0 Å². The van der Waals surface area contributed by atoms with Gasteiger partial charge in [-0.2, -0.15) is 5.26 Å². The van der Waals surface area contributed by atoms with Crippen LogP contribution in [0.25, 0.3) is 101 Å². The third-order valence-electron chi connectivity index (χ3n) is 12.3. The van der Waals surface area contributed by atoms with Gasteiger partial charge in [0.1, 0.15) is 0 Å². The van der Waals surface area contributed by atoms with Crippen LogP contribution in [0.1, 0.15) is 30.5 Å². The van der Waals surface area contributed by atoms with Crippen molar-refractivity contribution in [2.75, 3.05) is 0 Å². The zero-order valence-electron chi connectivity index (χ0n) is 35.7. The molecule has 4 heterocycles. The molecule has 0 amide bonds. The predicted molar refractivity (Wildman–Crippen MR) is 259 cm³/mol. The third kappa shape index (κ3) is 7.43. The van der Waals surface area contributed by atoms with Crippen molar-refractivity contribution in [1.29, 1.82) is 5.26 Å². The molecule has 0 aliphatic heterocycles. The van der Waals surface area contributed by atoms with Crippen molar-refractivity contribution in [3.05, 3.63) is 217 Å². The molecule has 306 valence electrons. The molecule has 0 spiro atoms. The van der Waals surface area contributed by atoms with Gasteiger partial charge in [0.05, 0.1) is 34.4 Å². The molecular weight excluding hydrogens is 795 g/mol. The van der Waals surface area contributed by atoms with Crippen LogP contribution in [0.2, 0.25) is 0 Å². The summed E-state index contributed by atoms with van der Waals surface area (Å²) in [6, 6.07) is 66.4. The molecule has 0 saturated carbocycles. The first-order chi connectivity index (χ1) is 31.9. The molecule has 11 rings (SSSR count). The Labute approximate surface area is 377 Å². The molecule has 10 aromatic rings. The summed E-state index contributed by atoms with van der Waals surface area (Å²) in [6.07, 6.45) is 3.57. The van der Waals surface area contributed by atoms with Crippen LogP contribution in [0.5, 0.6) is 0 Å². The maximum atomic E-state index is 9.80. The molecule has 0 bridgehead atoms. The van der Waals surface area contributed by atoms with E-state index in [1.54, 1.807) is 12.4 Å². The van der Waals surface area contributed by atoms with Crippen LogP contribution < -0.4 is 0 Å². The Morgan fingerprint density at radius 1 is 0.354 bits per heavy atom. The largest absolute Gasteiger partial charge is 0.255 e. The topological polar surface area (TPSA) is 101 Å². The van der Waals surface area contributed by atoms with Crippen LogP contribution in [-0.2, 0) is 5.41 Å². The molecule has 6 aromatic carbocycles. The molecule has 0 unspecified atom stereocenters. The summed E-state index contributed by atoms with van der Waals surface area (Å²) in [4.78, 5) is 30.0. The average molecular weight is 834 g/mol. The van der Waals surface area contributed by atoms with Gasteiger partial charge in [0.25, 0.3) is 0 Å². The molecule has 0 N–H and O–H groups in total. The van der Waals surface area contributed by atoms with Crippen LogP contribution >= 0.6 is 0 Å². The molecule has 1 aliphatic carbocycles. The minimum atomic E-state index is -0.321. The first-order valence-corrected chi connectivity index (χ1v) is 21.6. The fourth-order valence-electron chi connectivity index (χ4n) is 8.86. The molecule has 0 fully saturated rings. The van der Waals surface area contributed by atoms with Crippen LogP contribution in [0, 0.1) is 11.3 Å². The maximum Gasteiger partial charge on any atom is 0.164 e. The smallest absolute Gasteiger partial charge is 0.164 e. The van der Waals surface area contributed by atoms with E-state index < -0.39 is 0 Å². The molecule has 7 nitrogen and oxygen atoms in total. The first kappa shape index (κ1) is 39.1. The molecule has 65 heavy (non-hydrogen) atoms. The first-order valence-electron chi connectivity index (χ1n) is 21.6. The lowest BCUT2D eigenvalue weighted by molar-refractivity contribution is 0.660. The number of pyridine rings is 3. The van der Waals surface area contributed by atoms with E-state index in [9.17, 15) is 5.26 Å². The summed E-state index contributed by atoms with van der Waals surface area (Å²) < 4.78 is 0. The number of aromatic nitrogens is 6. The lowest BCUT2D eigenvalue weighted by atomic mass is 9.81. The number of rotatable bonds is 8. The fourth-order valence-corrected chi connectivity index (χ4v) is 8.86. The van der Waals surface area contributed by atoms with Crippen LogP contribution in [0.4, 0.5) is 0 Å². The molecular formula is C58H39N7. The normalized spacial score (nSPS) is 12.3. The zero-order valence-corrected chi connectivity index (χ0v) is 35.7. The lowest BCUT2D eigenvalue weighted by Crippen LogP contribution is -2.15. The van der Waals surface area contributed by atoms with E-state index in [1.165, 1.54) is 11.1 Å². The summed E-state index contributed by atoms with van der Waals surface area (Å²) in [5.41, 5.74) is 16.8. The second-order valence-corrected chi connectivity index (χ2v) is 16.7. The highest BCUT2D eigenvalue weighted by Gasteiger charge is 2.36. The Kier molecular flexibility index (Phi) is 9.75. The number of nitriles is 1. The SMILES string of the molecule is CC1(C)c2cc(C#N)ccc2-c2ccc(-c3cc(-c4cc(-c5ccccn5)nc(-c5ccccn5)c4)cc(-c4nc(-c5ccccc5)nc(-c5ccc(-c6ccccc6)cc5)n4)c3)cc21. The fraction of sp³-hybridized carbons (Fsp3) is 0.0517. The number of benzene rings is 6. The molecule has 7 heteroatoms. The second kappa shape index (κ2) is 16.2. The second-order valence-electron chi connectivity index (χ2n) is 16.7. The molecule has 4 aromatic heterocycles. The van der Waals surface area contributed by atoms with Gasteiger partial charge >= 0.3 is 0 Å². The van der Waals surface area contributed by atoms with Crippen molar-refractivity contribution in [3.8, 4) is 108 Å². The Balaban J connectivity index is 1.12. The van der Waals surface area contributed by atoms with E-state index in [-0.39, 0.29) is 5.41 Å². The van der Waals surface area contributed by atoms with Gasteiger partial charge in [0.2, 0.25) is 0 Å². The summed E-state index contributed by atoms with van der Waals surface area (Å²) in [6.45, 7) is 4.48. The molecule has 0 atom stereocenters. The quantitative estimate of drug-likeness (QED) is 0.150. The molecule has 0 saturated heterocycles. The summed E-state index contributed by atoms with van der Waals surface area (Å²) in [5, 5.41) is 9.80. The van der Waals surface area contributed by atoms with Crippen LogP contribution in [0.15, 0.2) is 200 Å². The lowest BCUT2D eigenvalue weighted by Gasteiger charge is -2.22. The van der Waals surface area contributed by atoms with E-state index in [0.29, 0.717) is 23.0 Å². The van der Waals surface area contributed by atoms with Gasteiger partial charge in [-0.15, -0.1) is 0 Å². The maximum absolute atomic E-state index is 9.80. The van der Waals surface area contributed by atoms with Gasteiger partial charge < -0.3 is 0 Å². The highest BCUT2D eigenvalue weighted by molar-refractivity contribution is 5.87. The van der Waals surface area contributed by atoms with Gasteiger partial charge in [-0.25, -0.2) is 19.9 Å². The van der Waals surface area contributed by atoms with E-state index >= 15 is 0 Å². The van der Waals surface area contributed by atoms with Gasteiger partial charge in [0.15, 0.2) is 17.5 Å². The Morgan fingerprint density at radius 3 is 1.38 bits per heavy atom. The zero-order chi connectivity index (χ0) is 43.9. The minimum absolute atomic E-state index is 0.321. The van der Waals surface area contributed by atoms with Crippen molar-refractivity contribution in [1.82, 2.24) is 29.9 Å². The van der Waals surface area contributed by atoms with Crippen molar-refractivity contribution in [2.45, 2.75) is 19.3 Å². The van der Waals surface area contributed by atoms with E-state index in [2.05, 4.69) is 123 Å². The number of hydrogen-bond acceptors (Lipinski definition) is 7. The highest BCUT2D eigenvalue weighted by Crippen LogP contribution is 2.50. The summed E-state index contributed by atoms with van der Waals surface area (Å²) in [5.74, 6) is 1.70. The standard InChI is InChI=1S/C58H39N7/c1-58(2)49-29-37(36-59)19-25-47(49)48-26-24-42(33-50(48)58)43-30-44(45-34-53(51-17-9-11-27-60-51)62-54(35-45)52-18-10-12-28-61-52)32-46(31-43)57-64-55(40-15-7-4-8-16-40)63-56(65-57)41-22-20-39(21-23-41)38-13-5-3-6-14-38/h3-35H,1-2H3. The Morgan fingerprint density at radius 2 is 0.800 bits per heavy atom. The third-order valence-corrected chi connectivity index (χ3v) is 12.3. The van der Waals surface area contributed by atoms with Gasteiger partial charge in [-0.3, -0.25) is 9.97 Å². The summed E-state index contributed by atoms with van der Waals surface area (Å²) >= 11 is 0. The number of fused-ring (bicyclic) bond motifs is 3. The minimum Gasteiger partial charge on any atom is -0.255 e. The van der Waals surface area contributed by atoms with Crippen molar-refractivity contribution >= 4 is 0 Å². The van der Waals surface area contributed by atoms with Crippen LogP contribution in [0.3, 0.4) is 0 Å². The summed E-state index contributed by atoms with van der Waals surface area (Å²) in [7, 11) is 0. The van der Waals surface area contributed by atoms with Crippen molar-refractivity contribution in [3.63, 3.8) is 0 Å². The molecule has 1 aliphatic rings. The molecule has 0 radical (unpaired) electrons. The highest BCUT2D eigenvalue weighted by atomic mass is 15.0. The Bertz CT molecular complexity index is 3380. The Hall–Kier alpha value is -8.73. The van der Waals surface area contributed by atoms with E-state index in [4.69, 9.17) is 29.9 Å².